The molecule has 2 rings (SSSR count). The van der Waals surface area contributed by atoms with Gasteiger partial charge in [0.25, 0.3) is 0 Å². The molecule has 0 amide bonds. The average Bonchev–Trinajstić information content (AvgIpc) is 2.47. The fourth-order valence-electron chi connectivity index (χ4n) is 1.56. The molecule has 2 aromatic heterocycles. The van der Waals surface area contributed by atoms with Crippen molar-refractivity contribution in [2.75, 3.05) is 11.9 Å². The summed E-state index contributed by atoms with van der Waals surface area (Å²) in [6.07, 6.45) is 5.07. The minimum Gasteiger partial charge on any atom is -0.409 e. The van der Waals surface area contributed by atoms with E-state index in [1.165, 1.54) is 0 Å². The Morgan fingerprint density at radius 1 is 1.42 bits per heavy atom. The molecule has 0 saturated carbocycles. The standard InChI is InChI=1S/C12H14N6O/c1-18(8-9-3-2-5-14-7-9)12-15-6-4-10(16-12)11(13)17-19/h2-7,19H,8H2,1H3,(H2,13,17). The predicted octanol–water partition coefficient (Wildman–Crippen LogP) is 0.603. The van der Waals surface area contributed by atoms with Gasteiger partial charge in [-0.1, -0.05) is 11.2 Å². The molecule has 7 heteroatoms. The molecule has 0 spiro atoms. The van der Waals surface area contributed by atoms with Crippen LogP contribution in [0.2, 0.25) is 0 Å². The molecule has 0 unspecified atom stereocenters. The second-order valence-electron chi connectivity index (χ2n) is 3.94. The van der Waals surface area contributed by atoms with Crippen LogP contribution < -0.4 is 10.6 Å². The number of amidine groups is 1. The van der Waals surface area contributed by atoms with Crippen LogP contribution in [0, 0.1) is 0 Å². The third kappa shape index (κ3) is 3.15. The Kier molecular flexibility index (Phi) is 3.87. The Morgan fingerprint density at radius 2 is 2.26 bits per heavy atom. The van der Waals surface area contributed by atoms with Gasteiger partial charge in [-0.05, 0) is 17.7 Å². The highest BCUT2D eigenvalue weighted by molar-refractivity contribution is 5.95. The normalized spacial score (nSPS) is 11.3. The number of rotatable bonds is 4. The molecule has 0 bridgehead atoms. The van der Waals surface area contributed by atoms with Crippen molar-refractivity contribution in [1.29, 1.82) is 0 Å². The Morgan fingerprint density at radius 3 is 2.95 bits per heavy atom. The summed E-state index contributed by atoms with van der Waals surface area (Å²) in [7, 11) is 1.86. The molecule has 0 radical (unpaired) electrons. The van der Waals surface area contributed by atoms with Gasteiger partial charge in [0, 0.05) is 32.2 Å². The smallest absolute Gasteiger partial charge is 0.226 e. The SMILES string of the molecule is CN(Cc1cccnc1)c1nccc(/C(N)=N/O)n1. The number of anilines is 1. The molecule has 0 atom stereocenters. The van der Waals surface area contributed by atoms with Crippen LogP contribution in [0.1, 0.15) is 11.3 Å². The maximum absolute atomic E-state index is 8.63. The molecule has 19 heavy (non-hydrogen) atoms. The van der Waals surface area contributed by atoms with E-state index in [0.717, 1.165) is 5.56 Å². The number of nitrogens with two attached hydrogens (primary N) is 1. The molecular formula is C12H14N6O. The van der Waals surface area contributed by atoms with Gasteiger partial charge in [0.1, 0.15) is 5.69 Å². The second kappa shape index (κ2) is 5.76. The summed E-state index contributed by atoms with van der Waals surface area (Å²) < 4.78 is 0. The van der Waals surface area contributed by atoms with Crippen LogP contribution in [0.4, 0.5) is 5.95 Å². The Labute approximate surface area is 110 Å². The van der Waals surface area contributed by atoms with Crippen LogP contribution in [0.15, 0.2) is 41.9 Å². The van der Waals surface area contributed by atoms with Crippen molar-refractivity contribution in [3.05, 3.63) is 48.0 Å². The van der Waals surface area contributed by atoms with Crippen molar-refractivity contribution in [2.24, 2.45) is 10.9 Å². The zero-order valence-electron chi connectivity index (χ0n) is 10.4. The molecule has 0 fully saturated rings. The summed E-state index contributed by atoms with van der Waals surface area (Å²) in [6.45, 7) is 0.619. The van der Waals surface area contributed by atoms with E-state index in [1.807, 2.05) is 24.1 Å². The largest absolute Gasteiger partial charge is 0.409 e. The molecule has 7 nitrogen and oxygen atoms in total. The van der Waals surface area contributed by atoms with Gasteiger partial charge < -0.3 is 15.8 Å². The van der Waals surface area contributed by atoms with Crippen LogP contribution in [0.25, 0.3) is 0 Å². The summed E-state index contributed by atoms with van der Waals surface area (Å²) in [4.78, 5) is 14.3. The average molecular weight is 258 g/mol. The highest BCUT2D eigenvalue weighted by atomic mass is 16.4. The number of nitrogens with zero attached hydrogens (tertiary/aromatic N) is 5. The van der Waals surface area contributed by atoms with Crippen LogP contribution in [-0.2, 0) is 6.54 Å². The number of hydrogen-bond donors (Lipinski definition) is 2. The quantitative estimate of drug-likeness (QED) is 0.360. The number of pyridine rings is 1. The summed E-state index contributed by atoms with van der Waals surface area (Å²) in [5.74, 6) is 0.450. The van der Waals surface area contributed by atoms with Crippen molar-refractivity contribution in [1.82, 2.24) is 15.0 Å². The van der Waals surface area contributed by atoms with Crippen LogP contribution in [-0.4, -0.2) is 33.0 Å². The number of aromatic nitrogens is 3. The molecule has 98 valence electrons. The summed E-state index contributed by atoms with van der Waals surface area (Å²) >= 11 is 0. The lowest BCUT2D eigenvalue weighted by Crippen LogP contribution is -2.22. The molecule has 2 aromatic rings. The Bertz CT molecular complexity index is 571. The lowest BCUT2D eigenvalue weighted by Gasteiger charge is -2.17. The van der Waals surface area contributed by atoms with Gasteiger partial charge in [0.05, 0.1) is 0 Å². The topological polar surface area (TPSA) is 101 Å². The summed E-state index contributed by atoms with van der Waals surface area (Å²) in [5.41, 5.74) is 6.92. The maximum atomic E-state index is 8.63. The molecule has 0 aliphatic heterocycles. The van der Waals surface area contributed by atoms with E-state index >= 15 is 0 Å². The van der Waals surface area contributed by atoms with Crippen LogP contribution >= 0.6 is 0 Å². The third-order valence-corrected chi connectivity index (χ3v) is 2.50. The van der Waals surface area contributed by atoms with Gasteiger partial charge >= 0.3 is 0 Å². The third-order valence-electron chi connectivity index (χ3n) is 2.50. The van der Waals surface area contributed by atoms with Gasteiger partial charge in [0.15, 0.2) is 5.84 Å². The fraction of sp³-hybridized carbons (Fsp3) is 0.167. The fourth-order valence-corrected chi connectivity index (χ4v) is 1.56. The molecular weight excluding hydrogens is 244 g/mol. The van der Waals surface area contributed by atoms with Crippen LogP contribution in [0.3, 0.4) is 0 Å². The van der Waals surface area contributed by atoms with E-state index in [9.17, 15) is 0 Å². The molecule has 0 saturated heterocycles. The highest BCUT2D eigenvalue weighted by Gasteiger charge is 2.08. The van der Waals surface area contributed by atoms with Gasteiger partial charge in [-0.25, -0.2) is 9.97 Å². The Hall–Kier alpha value is -2.70. The van der Waals surface area contributed by atoms with Crippen molar-refractivity contribution in [2.45, 2.75) is 6.54 Å². The first-order chi connectivity index (χ1) is 9.20. The molecule has 2 heterocycles. The van der Waals surface area contributed by atoms with Gasteiger partial charge in [-0.15, -0.1) is 0 Å². The molecule has 3 N–H and O–H groups in total. The van der Waals surface area contributed by atoms with Crippen molar-refractivity contribution < 1.29 is 5.21 Å². The zero-order chi connectivity index (χ0) is 13.7. The van der Waals surface area contributed by atoms with Crippen molar-refractivity contribution in [3.8, 4) is 0 Å². The Balaban J connectivity index is 2.17. The predicted molar refractivity (Wildman–Crippen MR) is 70.9 cm³/mol. The van der Waals surface area contributed by atoms with Crippen LogP contribution in [0.5, 0.6) is 0 Å². The highest BCUT2D eigenvalue weighted by Crippen LogP contribution is 2.09. The minimum absolute atomic E-state index is 0.0431. The zero-order valence-corrected chi connectivity index (χ0v) is 10.4. The van der Waals surface area contributed by atoms with Gasteiger partial charge in [0.2, 0.25) is 5.95 Å². The summed E-state index contributed by atoms with van der Waals surface area (Å²) in [5, 5.41) is 11.6. The van der Waals surface area contributed by atoms with E-state index in [-0.39, 0.29) is 5.84 Å². The van der Waals surface area contributed by atoms with E-state index in [2.05, 4.69) is 20.1 Å². The first-order valence-electron chi connectivity index (χ1n) is 5.61. The van der Waals surface area contributed by atoms with Gasteiger partial charge in [-0.2, -0.15) is 0 Å². The van der Waals surface area contributed by atoms with Crippen molar-refractivity contribution >= 4 is 11.8 Å². The minimum atomic E-state index is -0.0431. The molecule has 0 aliphatic carbocycles. The van der Waals surface area contributed by atoms with E-state index in [4.69, 9.17) is 10.9 Å². The lowest BCUT2D eigenvalue weighted by molar-refractivity contribution is 0.318. The van der Waals surface area contributed by atoms with Crippen molar-refractivity contribution in [3.63, 3.8) is 0 Å². The molecule has 0 aromatic carbocycles. The van der Waals surface area contributed by atoms with E-state index in [1.54, 1.807) is 24.7 Å². The van der Waals surface area contributed by atoms with Gasteiger partial charge in [-0.3, -0.25) is 4.98 Å². The monoisotopic (exact) mass is 258 g/mol. The second-order valence-corrected chi connectivity index (χ2v) is 3.94. The summed E-state index contributed by atoms with van der Waals surface area (Å²) in [6, 6.07) is 5.42. The number of oxime groups is 1. The first-order valence-corrected chi connectivity index (χ1v) is 5.61. The molecule has 0 aliphatic rings. The lowest BCUT2D eigenvalue weighted by atomic mass is 10.3. The van der Waals surface area contributed by atoms with E-state index in [0.29, 0.717) is 18.2 Å². The van der Waals surface area contributed by atoms with E-state index < -0.39 is 0 Å². The first kappa shape index (κ1) is 12.7. The maximum Gasteiger partial charge on any atom is 0.226 e. The number of hydrogen-bond acceptors (Lipinski definition) is 6.